The summed E-state index contributed by atoms with van der Waals surface area (Å²) in [7, 11) is 0. The van der Waals surface area contributed by atoms with Gasteiger partial charge >= 0.3 is 0 Å². The van der Waals surface area contributed by atoms with Crippen molar-refractivity contribution in [1.29, 1.82) is 0 Å². The van der Waals surface area contributed by atoms with Crippen molar-refractivity contribution in [3.63, 3.8) is 0 Å². The van der Waals surface area contributed by atoms with Crippen LogP contribution in [0.25, 0.3) is 16.8 Å². The quantitative estimate of drug-likeness (QED) is 0.452. The van der Waals surface area contributed by atoms with Crippen molar-refractivity contribution < 1.29 is 4.79 Å². The molecule has 0 saturated heterocycles. The number of rotatable bonds is 6. The van der Waals surface area contributed by atoms with Crippen LogP contribution in [0.2, 0.25) is 0 Å². The van der Waals surface area contributed by atoms with Crippen LogP contribution in [0.5, 0.6) is 0 Å². The first kappa shape index (κ1) is 20.5. The number of aryl methyl sites for hydroxylation is 1. The van der Waals surface area contributed by atoms with Gasteiger partial charge in [-0.25, -0.2) is 4.68 Å². The molecular formula is C26H22N6O. The monoisotopic (exact) mass is 434 g/mol. The molecule has 1 aliphatic rings. The fraction of sp³-hybridized carbons (Fsp3) is 0.115. The highest BCUT2D eigenvalue weighted by Gasteiger charge is 2.16. The van der Waals surface area contributed by atoms with Gasteiger partial charge in [-0.3, -0.25) is 4.79 Å². The van der Waals surface area contributed by atoms with Crippen LogP contribution in [0.3, 0.4) is 0 Å². The topological polar surface area (TPSA) is 84.0 Å². The summed E-state index contributed by atoms with van der Waals surface area (Å²) in [6.45, 7) is 2.49. The van der Waals surface area contributed by atoms with Crippen LogP contribution in [0.1, 0.15) is 16.7 Å². The third kappa shape index (κ3) is 4.48. The summed E-state index contributed by atoms with van der Waals surface area (Å²) in [5.41, 5.74) is 7.38. The lowest BCUT2D eigenvalue weighted by Gasteiger charge is -2.15. The molecular weight excluding hydrogens is 412 g/mol. The number of anilines is 1. The largest absolute Gasteiger partial charge is 0.324 e. The summed E-state index contributed by atoms with van der Waals surface area (Å²) in [4.78, 5) is 12.9. The fourth-order valence-corrected chi connectivity index (χ4v) is 3.84. The summed E-state index contributed by atoms with van der Waals surface area (Å²) in [5, 5.41) is 19.4. The Bertz CT molecular complexity index is 1350. The molecule has 0 aliphatic carbocycles. The van der Waals surface area contributed by atoms with Gasteiger partial charge in [-0.1, -0.05) is 60.2 Å². The Morgan fingerprint density at radius 2 is 1.82 bits per heavy atom. The molecule has 4 aromatic rings. The van der Waals surface area contributed by atoms with E-state index in [1.165, 1.54) is 5.56 Å². The second-order valence-corrected chi connectivity index (χ2v) is 7.87. The van der Waals surface area contributed by atoms with Crippen molar-refractivity contribution >= 4 is 17.3 Å². The molecule has 1 aliphatic heterocycles. The Morgan fingerprint density at radius 1 is 1.00 bits per heavy atom. The molecule has 0 unspecified atom stereocenters. The molecule has 0 spiro atoms. The second kappa shape index (κ2) is 9.00. The van der Waals surface area contributed by atoms with Crippen LogP contribution in [-0.2, 0) is 11.2 Å². The normalized spacial score (nSPS) is 12.6. The van der Waals surface area contributed by atoms with Crippen LogP contribution >= 0.6 is 0 Å². The summed E-state index contributed by atoms with van der Waals surface area (Å²) in [6, 6.07) is 23.8. The van der Waals surface area contributed by atoms with Crippen LogP contribution in [0.4, 0.5) is 5.69 Å². The Balaban J connectivity index is 1.50. The molecule has 1 N–H and O–H groups in total. The molecule has 33 heavy (non-hydrogen) atoms. The summed E-state index contributed by atoms with van der Waals surface area (Å²) < 4.78 is 1.75. The molecule has 2 heterocycles. The first-order chi connectivity index (χ1) is 16.2. The zero-order valence-corrected chi connectivity index (χ0v) is 18.1. The van der Waals surface area contributed by atoms with Crippen molar-refractivity contribution in [1.82, 2.24) is 9.78 Å². The highest BCUT2D eigenvalue weighted by Crippen LogP contribution is 2.31. The van der Waals surface area contributed by atoms with E-state index in [2.05, 4.69) is 25.9 Å². The minimum atomic E-state index is -0.0875. The lowest BCUT2D eigenvalue weighted by molar-refractivity contribution is -0.115. The second-order valence-electron chi connectivity index (χ2n) is 7.87. The number of amides is 1. The van der Waals surface area contributed by atoms with E-state index in [0.717, 1.165) is 33.7 Å². The van der Waals surface area contributed by atoms with Gasteiger partial charge in [-0.05, 0) is 47.0 Å². The smallest absolute Gasteiger partial charge is 0.228 e. The van der Waals surface area contributed by atoms with Crippen LogP contribution in [-0.4, -0.2) is 27.9 Å². The molecule has 0 radical (unpaired) electrons. The molecule has 1 amide bonds. The minimum Gasteiger partial charge on any atom is -0.324 e. The third-order valence-corrected chi connectivity index (χ3v) is 5.51. The SMILES string of the molecule is Cc1ccc(CC(=O)Nc2cc(-c3ccccc3C3=NN=NC3)ccc2-n2cccn2)cc1. The van der Waals surface area contributed by atoms with Gasteiger partial charge in [0.25, 0.3) is 0 Å². The van der Waals surface area contributed by atoms with E-state index in [4.69, 9.17) is 0 Å². The Labute approximate surface area is 191 Å². The van der Waals surface area contributed by atoms with E-state index in [-0.39, 0.29) is 5.91 Å². The highest BCUT2D eigenvalue weighted by atomic mass is 16.1. The van der Waals surface area contributed by atoms with Gasteiger partial charge in [-0.15, -0.1) is 5.10 Å². The predicted molar refractivity (Wildman–Crippen MR) is 129 cm³/mol. The average molecular weight is 435 g/mol. The van der Waals surface area contributed by atoms with Crippen LogP contribution in [0, 0.1) is 6.92 Å². The number of nitrogens with one attached hydrogen (secondary N) is 1. The van der Waals surface area contributed by atoms with Crippen molar-refractivity contribution in [3.05, 3.63) is 102 Å². The van der Waals surface area contributed by atoms with Crippen molar-refractivity contribution in [2.45, 2.75) is 13.3 Å². The molecule has 0 saturated carbocycles. The van der Waals surface area contributed by atoms with Gasteiger partial charge in [0.05, 0.1) is 23.5 Å². The van der Waals surface area contributed by atoms with E-state index in [9.17, 15) is 4.79 Å². The molecule has 162 valence electrons. The zero-order chi connectivity index (χ0) is 22.6. The number of carbonyl (C=O) groups excluding carboxylic acids is 1. The van der Waals surface area contributed by atoms with Gasteiger partial charge in [0, 0.05) is 18.0 Å². The number of benzene rings is 3. The maximum absolute atomic E-state index is 12.9. The summed E-state index contributed by atoms with van der Waals surface area (Å²) in [5.74, 6) is -0.0875. The van der Waals surface area contributed by atoms with Gasteiger partial charge < -0.3 is 5.32 Å². The summed E-state index contributed by atoms with van der Waals surface area (Å²) in [6.07, 6.45) is 3.86. The lowest BCUT2D eigenvalue weighted by Crippen LogP contribution is -2.16. The molecule has 0 atom stereocenters. The minimum absolute atomic E-state index is 0.0875. The van der Waals surface area contributed by atoms with E-state index >= 15 is 0 Å². The molecule has 1 aromatic heterocycles. The van der Waals surface area contributed by atoms with Crippen molar-refractivity contribution in [3.8, 4) is 16.8 Å². The van der Waals surface area contributed by atoms with Crippen LogP contribution < -0.4 is 5.32 Å². The lowest BCUT2D eigenvalue weighted by atomic mass is 9.96. The number of carbonyl (C=O) groups is 1. The first-order valence-corrected chi connectivity index (χ1v) is 10.7. The Kier molecular flexibility index (Phi) is 5.59. The van der Waals surface area contributed by atoms with E-state index in [0.29, 0.717) is 18.7 Å². The molecule has 7 heteroatoms. The van der Waals surface area contributed by atoms with E-state index < -0.39 is 0 Å². The number of nitrogens with zero attached hydrogens (tertiary/aromatic N) is 5. The number of hydrogen-bond donors (Lipinski definition) is 1. The zero-order valence-electron chi connectivity index (χ0n) is 18.1. The molecule has 0 fully saturated rings. The predicted octanol–water partition coefficient (Wildman–Crippen LogP) is 5.20. The maximum atomic E-state index is 12.9. The summed E-state index contributed by atoms with van der Waals surface area (Å²) >= 11 is 0. The van der Waals surface area contributed by atoms with E-state index in [1.807, 2.05) is 85.9 Å². The standard InChI is InChI=1S/C26H22N6O/c1-18-7-9-19(10-8-18)15-26(33)29-23-16-20(11-12-25(23)32-14-4-13-28-32)21-5-2-3-6-22(21)24-17-27-31-30-24/h2-14,16H,15,17H2,1H3,(H,29,33). The van der Waals surface area contributed by atoms with Crippen molar-refractivity contribution in [2.75, 3.05) is 11.9 Å². The third-order valence-electron chi connectivity index (χ3n) is 5.51. The van der Waals surface area contributed by atoms with Crippen molar-refractivity contribution in [2.24, 2.45) is 15.4 Å². The Hall–Kier alpha value is -4.39. The first-order valence-electron chi connectivity index (χ1n) is 10.7. The number of aromatic nitrogens is 2. The molecule has 7 nitrogen and oxygen atoms in total. The highest BCUT2D eigenvalue weighted by molar-refractivity contribution is 6.08. The maximum Gasteiger partial charge on any atom is 0.228 e. The van der Waals surface area contributed by atoms with Gasteiger partial charge in [0.15, 0.2) is 0 Å². The van der Waals surface area contributed by atoms with Crippen LogP contribution in [0.15, 0.2) is 101 Å². The average Bonchev–Trinajstić information content (AvgIpc) is 3.55. The molecule has 3 aromatic carbocycles. The van der Waals surface area contributed by atoms with Gasteiger partial charge in [0.1, 0.15) is 6.54 Å². The molecule has 0 bridgehead atoms. The van der Waals surface area contributed by atoms with Gasteiger partial charge in [-0.2, -0.15) is 10.2 Å². The van der Waals surface area contributed by atoms with E-state index in [1.54, 1.807) is 10.9 Å². The Morgan fingerprint density at radius 3 is 2.55 bits per heavy atom. The number of hydrogen-bond acceptors (Lipinski definition) is 5. The molecule has 5 rings (SSSR count). The fourth-order valence-electron chi connectivity index (χ4n) is 3.84. The van der Waals surface area contributed by atoms with Gasteiger partial charge in [0.2, 0.25) is 5.91 Å².